The second kappa shape index (κ2) is 9.40. The second-order valence-electron chi connectivity index (χ2n) is 6.81. The van der Waals surface area contributed by atoms with Crippen molar-refractivity contribution in [2.45, 2.75) is 6.92 Å². The lowest BCUT2D eigenvalue weighted by Crippen LogP contribution is -2.22. The lowest BCUT2D eigenvalue weighted by molar-refractivity contribution is -0.385. The van der Waals surface area contributed by atoms with E-state index >= 15 is 0 Å². The van der Waals surface area contributed by atoms with Crippen molar-refractivity contribution in [3.05, 3.63) is 87.5 Å². The molecular formula is C22H17N5O5S. The van der Waals surface area contributed by atoms with Crippen molar-refractivity contribution >= 4 is 34.6 Å². The zero-order valence-electron chi connectivity index (χ0n) is 17.3. The lowest BCUT2D eigenvalue weighted by Gasteiger charge is -2.08. The predicted octanol–water partition coefficient (Wildman–Crippen LogP) is 4.01. The highest BCUT2D eigenvalue weighted by Gasteiger charge is 2.22. The van der Waals surface area contributed by atoms with Crippen LogP contribution in [0.4, 0.5) is 11.4 Å². The van der Waals surface area contributed by atoms with Gasteiger partial charge in [-0.2, -0.15) is 4.98 Å². The number of rotatable bonds is 7. The summed E-state index contributed by atoms with van der Waals surface area (Å²) in [6.07, 6.45) is 0. The number of carbonyl (C=O) groups excluding carboxylic acids is 2. The summed E-state index contributed by atoms with van der Waals surface area (Å²) in [4.78, 5) is 40.5. The topological polar surface area (TPSA) is 129 Å². The summed E-state index contributed by atoms with van der Waals surface area (Å²) in [6.45, 7) is 0.918. The van der Waals surface area contributed by atoms with Gasteiger partial charge in [0.2, 0.25) is 0 Å². The molecule has 2 heterocycles. The smallest absolute Gasteiger partial charge is 0.378 e. The summed E-state index contributed by atoms with van der Waals surface area (Å²) in [5.41, 5.74) is 1.15. The summed E-state index contributed by atoms with van der Waals surface area (Å²) < 4.78 is 6.62. The van der Waals surface area contributed by atoms with Gasteiger partial charge in [0.05, 0.1) is 26.7 Å². The van der Waals surface area contributed by atoms with E-state index in [4.69, 9.17) is 4.74 Å². The number of carbonyl (C=O) groups is 2. The van der Waals surface area contributed by atoms with E-state index < -0.39 is 23.4 Å². The fourth-order valence-electron chi connectivity index (χ4n) is 3.05. The van der Waals surface area contributed by atoms with Crippen LogP contribution in [0.2, 0.25) is 0 Å². The van der Waals surface area contributed by atoms with E-state index in [2.05, 4.69) is 15.4 Å². The zero-order chi connectivity index (χ0) is 23.4. The van der Waals surface area contributed by atoms with Crippen LogP contribution in [0.5, 0.6) is 0 Å². The van der Waals surface area contributed by atoms with Gasteiger partial charge in [-0.3, -0.25) is 14.9 Å². The Bertz CT molecular complexity index is 1320. The van der Waals surface area contributed by atoms with E-state index in [-0.39, 0.29) is 17.2 Å². The Morgan fingerprint density at radius 1 is 1.12 bits per heavy atom. The van der Waals surface area contributed by atoms with Crippen molar-refractivity contribution in [2.75, 3.05) is 11.9 Å². The molecule has 4 aromatic rings. The van der Waals surface area contributed by atoms with E-state index in [0.717, 1.165) is 4.88 Å². The Kier molecular flexibility index (Phi) is 6.22. The molecular weight excluding hydrogens is 446 g/mol. The summed E-state index contributed by atoms with van der Waals surface area (Å²) >= 11 is 1.45. The molecule has 0 fully saturated rings. The molecule has 1 amide bonds. The molecule has 166 valence electrons. The van der Waals surface area contributed by atoms with Gasteiger partial charge in [0.1, 0.15) is 0 Å². The third kappa shape index (κ3) is 4.77. The van der Waals surface area contributed by atoms with Crippen LogP contribution < -0.4 is 5.32 Å². The van der Waals surface area contributed by atoms with Crippen LogP contribution in [0.25, 0.3) is 16.4 Å². The van der Waals surface area contributed by atoms with Crippen LogP contribution >= 0.6 is 11.3 Å². The zero-order valence-corrected chi connectivity index (χ0v) is 18.1. The summed E-state index contributed by atoms with van der Waals surface area (Å²) in [5, 5.41) is 19.7. The highest BCUT2D eigenvalue weighted by atomic mass is 32.1. The fraction of sp³-hybridized carbons (Fsp3) is 0.0909. The number of para-hydroxylation sites is 1. The number of hydrogen-bond donors (Lipinski definition) is 1. The predicted molar refractivity (Wildman–Crippen MR) is 121 cm³/mol. The number of nitrogens with one attached hydrogen (secondary N) is 1. The van der Waals surface area contributed by atoms with E-state index in [1.807, 2.05) is 47.8 Å². The van der Waals surface area contributed by atoms with E-state index in [1.54, 1.807) is 0 Å². The molecule has 33 heavy (non-hydrogen) atoms. The highest BCUT2D eigenvalue weighted by molar-refractivity contribution is 7.13. The number of anilines is 1. The van der Waals surface area contributed by atoms with Crippen molar-refractivity contribution in [1.82, 2.24) is 14.8 Å². The van der Waals surface area contributed by atoms with E-state index in [9.17, 15) is 19.7 Å². The first-order valence-corrected chi connectivity index (χ1v) is 10.6. The minimum atomic E-state index is -0.867. The average Bonchev–Trinajstić information content (AvgIpc) is 3.49. The molecule has 0 radical (unpaired) electrons. The number of hydrogen-bond acceptors (Lipinski definition) is 8. The van der Waals surface area contributed by atoms with Gasteiger partial charge < -0.3 is 10.1 Å². The van der Waals surface area contributed by atoms with E-state index in [1.165, 1.54) is 41.1 Å². The number of ether oxygens (including phenoxy) is 1. The minimum absolute atomic E-state index is 0.124. The Balaban J connectivity index is 1.49. The Hall–Kier alpha value is -4.38. The average molecular weight is 463 g/mol. The number of amides is 1. The van der Waals surface area contributed by atoms with Gasteiger partial charge >= 0.3 is 5.97 Å². The molecule has 0 spiro atoms. The second-order valence-corrected chi connectivity index (χ2v) is 7.76. The molecule has 0 aliphatic carbocycles. The number of nitro benzene ring substituents is 1. The molecule has 0 atom stereocenters. The minimum Gasteiger partial charge on any atom is -0.450 e. The van der Waals surface area contributed by atoms with Gasteiger partial charge in [0.15, 0.2) is 12.4 Å². The van der Waals surface area contributed by atoms with Crippen LogP contribution in [0.15, 0.2) is 66.0 Å². The van der Waals surface area contributed by atoms with Crippen LogP contribution in [-0.4, -0.2) is 38.2 Å². The first kappa shape index (κ1) is 21.8. The maximum absolute atomic E-state index is 12.6. The standard InChI is InChI=1S/C22H17N5O5S/c1-14-16(9-5-10-17(14)27(30)31)23-19(28)13-32-22(29)20-24-21(18-11-6-12-33-18)26(25-20)15-7-3-2-4-8-15/h2-12H,13H2,1H3,(H,23,28). The maximum Gasteiger partial charge on any atom is 0.378 e. The molecule has 0 unspecified atom stereocenters. The molecule has 11 heteroatoms. The molecule has 0 aliphatic rings. The van der Waals surface area contributed by atoms with Crippen molar-refractivity contribution in [2.24, 2.45) is 0 Å². The van der Waals surface area contributed by atoms with Crippen molar-refractivity contribution < 1.29 is 19.2 Å². The molecule has 0 bridgehead atoms. The fourth-order valence-corrected chi connectivity index (χ4v) is 3.75. The first-order valence-electron chi connectivity index (χ1n) is 9.71. The van der Waals surface area contributed by atoms with Gasteiger partial charge in [-0.25, -0.2) is 9.48 Å². The van der Waals surface area contributed by atoms with Crippen LogP contribution in [0, 0.1) is 17.0 Å². The van der Waals surface area contributed by atoms with Crippen molar-refractivity contribution in [3.8, 4) is 16.4 Å². The number of nitro groups is 1. The highest BCUT2D eigenvalue weighted by Crippen LogP contribution is 2.26. The molecule has 1 N–H and O–H groups in total. The maximum atomic E-state index is 12.6. The molecule has 0 saturated heterocycles. The Morgan fingerprint density at radius 3 is 2.61 bits per heavy atom. The first-order chi connectivity index (χ1) is 15.9. The third-order valence-corrected chi connectivity index (χ3v) is 5.51. The molecule has 2 aromatic carbocycles. The SMILES string of the molecule is Cc1c(NC(=O)COC(=O)c2nc(-c3cccs3)n(-c3ccccc3)n2)cccc1[N+](=O)[O-]. The van der Waals surface area contributed by atoms with Crippen LogP contribution in [0.1, 0.15) is 16.2 Å². The van der Waals surface area contributed by atoms with Crippen molar-refractivity contribution in [1.29, 1.82) is 0 Å². The lowest BCUT2D eigenvalue weighted by atomic mass is 10.1. The van der Waals surface area contributed by atoms with Gasteiger partial charge in [-0.1, -0.05) is 30.3 Å². The van der Waals surface area contributed by atoms with E-state index in [0.29, 0.717) is 17.1 Å². The number of nitrogens with zero attached hydrogens (tertiary/aromatic N) is 4. The third-order valence-electron chi connectivity index (χ3n) is 4.64. The number of esters is 1. The molecule has 10 nitrogen and oxygen atoms in total. The molecule has 0 aliphatic heterocycles. The molecule has 2 aromatic heterocycles. The number of thiophene rings is 1. The van der Waals surface area contributed by atoms with Crippen LogP contribution in [-0.2, 0) is 9.53 Å². The monoisotopic (exact) mass is 463 g/mol. The van der Waals surface area contributed by atoms with Gasteiger partial charge in [0, 0.05) is 6.07 Å². The number of aromatic nitrogens is 3. The summed E-state index contributed by atoms with van der Waals surface area (Å²) in [6, 6.07) is 17.2. The van der Waals surface area contributed by atoms with Crippen molar-refractivity contribution in [3.63, 3.8) is 0 Å². The normalized spacial score (nSPS) is 10.6. The molecule has 0 saturated carbocycles. The van der Waals surface area contributed by atoms with Gasteiger partial charge in [-0.15, -0.1) is 16.4 Å². The van der Waals surface area contributed by atoms with Crippen LogP contribution in [0.3, 0.4) is 0 Å². The Labute approximate surface area is 191 Å². The summed E-state index contributed by atoms with van der Waals surface area (Å²) in [5.74, 6) is -1.23. The summed E-state index contributed by atoms with van der Waals surface area (Å²) in [7, 11) is 0. The Morgan fingerprint density at radius 2 is 1.91 bits per heavy atom. The van der Waals surface area contributed by atoms with Gasteiger partial charge in [0.25, 0.3) is 17.4 Å². The molecule has 4 rings (SSSR count). The number of benzene rings is 2. The largest absolute Gasteiger partial charge is 0.450 e. The quantitative estimate of drug-likeness (QED) is 0.249. The van der Waals surface area contributed by atoms with Gasteiger partial charge in [-0.05, 0) is 36.6 Å².